The van der Waals surface area contributed by atoms with Gasteiger partial charge in [0.05, 0.1) is 6.10 Å². The van der Waals surface area contributed by atoms with Crippen LogP contribution in [0.5, 0.6) is 5.88 Å². The predicted molar refractivity (Wildman–Crippen MR) is 76.0 cm³/mol. The van der Waals surface area contributed by atoms with Gasteiger partial charge in [-0.15, -0.1) is 0 Å². The third-order valence-corrected chi connectivity index (χ3v) is 3.78. The highest BCUT2D eigenvalue weighted by Gasteiger charge is 2.24. The molecule has 1 aliphatic rings. The molecule has 7 heteroatoms. The van der Waals surface area contributed by atoms with E-state index in [0.717, 1.165) is 25.7 Å². The predicted octanol–water partition coefficient (Wildman–Crippen LogP) is 2.01. The van der Waals surface area contributed by atoms with E-state index in [1.54, 1.807) is 0 Å². The molecule has 122 valence electrons. The second-order valence-electron chi connectivity index (χ2n) is 5.38. The first kappa shape index (κ1) is 16.6. The van der Waals surface area contributed by atoms with E-state index >= 15 is 0 Å². The Morgan fingerprint density at radius 2 is 2.18 bits per heavy atom. The van der Waals surface area contributed by atoms with Crippen molar-refractivity contribution in [2.75, 3.05) is 13.2 Å². The van der Waals surface area contributed by atoms with Gasteiger partial charge in [-0.2, -0.15) is 0 Å². The van der Waals surface area contributed by atoms with Crippen molar-refractivity contribution < 1.29 is 23.4 Å². The number of ether oxygens (including phenoxy) is 1. The molecule has 0 bridgehead atoms. The van der Waals surface area contributed by atoms with Gasteiger partial charge in [-0.3, -0.25) is 4.79 Å². The molecule has 1 amide bonds. The van der Waals surface area contributed by atoms with Crippen molar-refractivity contribution in [3.63, 3.8) is 0 Å². The molecular weight excluding hydrogens is 294 g/mol. The zero-order valence-corrected chi connectivity index (χ0v) is 12.2. The minimum Gasteiger partial charge on any atom is -0.471 e. The summed E-state index contributed by atoms with van der Waals surface area (Å²) in [6, 6.07) is 2.97. The van der Waals surface area contributed by atoms with E-state index in [1.165, 1.54) is 18.3 Å². The molecule has 0 radical (unpaired) electrons. The first-order valence-electron chi connectivity index (χ1n) is 7.40. The number of aliphatic hydroxyl groups is 1. The summed E-state index contributed by atoms with van der Waals surface area (Å²) in [7, 11) is 0. The molecule has 1 atom stereocenters. The number of pyridine rings is 1. The fourth-order valence-electron chi connectivity index (χ4n) is 2.62. The van der Waals surface area contributed by atoms with Crippen LogP contribution in [0.25, 0.3) is 0 Å². The molecule has 22 heavy (non-hydrogen) atoms. The fraction of sp³-hybridized carbons (Fsp3) is 0.600. The summed E-state index contributed by atoms with van der Waals surface area (Å²) in [6.45, 7) is -0.686. The first-order chi connectivity index (χ1) is 10.6. The largest absolute Gasteiger partial charge is 0.471 e. The average Bonchev–Trinajstić information content (AvgIpc) is 3.05. The molecule has 1 aromatic rings. The molecule has 0 aromatic carbocycles. The Morgan fingerprint density at radius 3 is 2.86 bits per heavy atom. The lowest BCUT2D eigenvalue weighted by molar-refractivity contribution is 0.0755. The number of carbonyl (C=O) groups is 1. The summed E-state index contributed by atoms with van der Waals surface area (Å²) in [4.78, 5) is 15.9. The first-order valence-corrected chi connectivity index (χ1v) is 7.40. The van der Waals surface area contributed by atoms with Crippen molar-refractivity contribution in [3.05, 3.63) is 23.9 Å². The van der Waals surface area contributed by atoms with E-state index < -0.39 is 25.0 Å². The Bertz CT molecular complexity index is 493. The SMILES string of the molecule is O=C(NCC(O)C1CCCC1)c1cccnc1OCC(F)F. The zero-order valence-electron chi connectivity index (χ0n) is 12.2. The lowest BCUT2D eigenvalue weighted by atomic mass is 10.0. The maximum absolute atomic E-state index is 12.2. The number of carbonyl (C=O) groups excluding carboxylic acids is 1. The molecule has 1 fully saturated rings. The van der Waals surface area contributed by atoms with E-state index in [1.807, 2.05) is 0 Å². The molecule has 2 rings (SSSR count). The Hall–Kier alpha value is -1.76. The van der Waals surface area contributed by atoms with Gasteiger partial charge < -0.3 is 15.2 Å². The molecule has 5 nitrogen and oxygen atoms in total. The van der Waals surface area contributed by atoms with Crippen molar-refractivity contribution in [1.82, 2.24) is 10.3 Å². The summed E-state index contributed by atoms with van der Waals surface area (Å²) in [6.07, 6.45) is 2.27. The number of alkyl halides is 2. The van der Waals surface area contributed by atoms with E-state index in [-0.39, 0.29) is 23.9 Å². The van der Waals surface area contributed by atoms with Gasteiger partial charge in [0, 0.05) is 12.7 Å². The lowest BCUT2D eigenvalue weighted by Gasteiger charge is -2.18. The van der Waals surface area contributed by atoms with E-state index in [0.29, 0.717) is 0 Å². The van der Waals surface area contributed by atoms with Gasteiger partial charge in [0.15, 0.2) is 6.61 Å². The second kappa shape index (κ2) is 8.03. The van der Waals surface area contributed by atoms with Crippen LogP contribution in [0, 0.1) is 5.92 Å². The highest BCUT2D eigenvalue weighted by Crippen LogP contribution is 2.27. The van der Waals surface area contributed by atoms with Crippen LogP contribution in [0.1, 0.15) is 36.0 Å². The molecule has 1 saturated carbocycles. The standard InChI is InChI=1S/C15H20F2N2O3/c16-13(17)9-22-15-11(6-3-7-18-15)14(21)19-8-12(20)10-4-1-2-5-10/h3,6-7,10,12-13,20H,1-2,4-5,8-9H2,(H,19,21). The van der Waals surface area contributed by atoms with Gasteiger partial charge in [-0.05, 0) is 30.9 Å². The maximum atomic E-state index is 12.2. The van der Waals surface area contributed by atoms with Crippen molar-refractivity contribution in [2.24, 2.45) is 5.92 Å². The third-order valence-electron chi connectivity index (χ3n) is 3.78. The Balaban J connectivity index is 1.91. The number of aliphatic hydroxyl groups excluding tert-OH is 1. The van der Waals surface area contributed by atoms with Crippen LogP contribution >= 0.6 is 0 Å². The molecule has 1 unspecified atom stereocenters. The molecule has 1 heterocycles. The lowest BCUT2D eigenvalue weighted by Crippen LogP contribution is -2.35. The second-order valence-corrected chi connectivity index (χ2v) is 5.38. The number of halogens is 2. The summed E-state index contributed by atoms with van der Waals surface area (Å²) < 4.78 is 29.2. The van der Waals surface area contributed by atoms with Gasteiger partial charge in [0.2, 0.25) is 5.88 Å². The Labute approximate surface area is 127 Å². The van der Waals surface area contributed by atoms with Crippen LogP contribution in [0.4, 0.5) is 8.78 Å². The van der Waals surface area contributed by atoms with Gasteiger partial charge in [-0.1, -0.05) is 12.8 Å². The highest BCUT2D eigenvalue weighted by molar-refractivity contribution is 5.96. The van der Waals surface area contributed by atoms with Crippen LogP contribution in [0.15, 0.2) is 18.3 Å². The number of nitrogens with zero attached hydrogens (tertiary/aromatic N) is 1. The highest BCUT2D eigenvalue weighted by atomic mass is 19.3. The molecule has 0 aliphatic heterocycles. The number of aromatic nitrogens is 1. The van der Waals surface area contributed by atoms with Crippen molar-refractivity contribution in [1.29, 1.82) is 0 Å². The monoisotopic (exact) mass is 314 g/mol. The van der Waals surface area contributed by atoms with Crippen molar-refractivity contribution in [3.8, 4) is 5.88 Å². The van der Waals surface area contributed by atoms with Crippen molar-refractivity contribution in [2.45, 2.75) is 38.2 Å². The quantitative estimate of drug-likeness (QED) is 0.807. The number of hydrogen-bond acceptors (Lipinski definition) is 4. The normalized spacial score (nSPS) is 16.7. The molecule has 2 N–H and O–H groups in total. The summed E-state index contributed by atoms with van der Waals surface area (Å²) >= 11 is 0. The van der Waals surface area contributed by atoms with Crippen LogP contribution in [-0.4, -0.2) is 41.7 Å². The molecular formula is C15H20F2N2O3. The summed E-state index contributed by atoms with van der Waals surface area (Å²) in [5.41, 5.74) is 0.0850. The fourth-order valence-corrected chi connectivity index (χ4v) is 2.62. The van der Waals surface area contributed by atoms with Crippen LogP contribution in [0.2, 0.25) is 0 Å². The van der Waals surface area contributed by atoms with Gasteiger partial charge in [0.1, 0.15) is 5.56 Å². The van der Waals surface area contributed by atoms with Crippen LogP contribution in [-0.2, 0) is 0 Å². The average molecular weight is 314 g/mol. The zero-order chi connectivity index (χ0) is 15.9. The Kier molecular flexibility index (Phi) is 6.06. The minimum atomic E-state index is -2.64. The molecule has 1 aliphatic carbocycles. The molecule has 0 spiro atoms. The van der Waals surface area contributed by atoms with Crippen LogP contribution < -0.4 is 10.1 Å². The smallest absolute Gasteiger partial charge is 0.272 e. The topological polar surface area (TPSA) is 71.5 Å². The van der Waals surface area contributed by atoms with E-state index in [9.17, 15) is 18.7 Å². The number of amides is 1. The van der Waals surface area contributed by atoms with Gasteiger partial charge in [-0.25, -0.2) is 13.8 Å². The van der Waals surface area contributed by atoms with E-state index in [2.05, 4.69) is 10.3 Å². The number of hydrogen-bond donors (Lipinski definition) is 2. The minimum absolute atomic E-state index is 0.0850. The third kappa shape index (κ3) is 4.62. The number of nitrogens with one attached hydrogen (secondary N) is 1. The molecule has 1 aromatic heterocycles. The Morgan fingerprint density at radius 1 is 1.45 bits per heavy atom. The van der Waals surface area contributed by atoms with Crippen molar-refractivity contribution >= 4 is 5.91 Å². The number of rotatable bonds is 7. The maximum Gasteiger partial charge on any atom is 0.272 e. The summed E-state index contributed by atoms with van der Waals surface area (Å²) in [5, 5.41) is 12.6. The van der Waals surface area contributed by atoms with E-state index in [4.69, 9.17) is 4.74 Å². The van der Waals surface area contributed by atoms with Gasteiger partial charge >= 0.3 is 0 Å². The van der Waals surface area contributed by atoms with Crippen LogP contribution in [0.3, 0.4) is 0 Å². The summed E-state index contributed by atoms with van der Waals surface area (Å²) in [5.74, 6) is -0.408. The van der Waals surface area contributed by atoms with Gasteiger partial charge in [0.25, 0.3) is 12.3 Å². The molecule has 0 saturated heterocycles.